The summed E-state index contributed by atoms with van der Waals surface area (Å²) >= 11 is 0. The third kappa shape index (κ3) is 4.28. The number of nitrogens with one attached hydrogen (secondary N) is 2. The van der Waals surface area contributed by atoms with Gasteiger partial charge in [0.25, 0.3) is 15.9 Å². The molecule has 26 heavy (non-hydrogen) atoms. The molecule has 0 radical (unpaired) electrons. The first-order chi connectivity index (χ1) is 12.4. The summed E-state index contributed by atoms with van der Waals surface area (Å²) in [6.07, 6.45) is 3.48. The number of aromatic nitrogens is 2. The zero-order chi connectivity index (χ0) is 18.6. The lowest BCUT2D eigenvalue weighted by Gasteiger charge is -2.09. The number of aryl methyl sites for hydroxylation is 1. The molecule has 0 saturated heterocycles. The molecule has 0 atom stereocenters. The Labute approximate surface area is 151 Å². The molecule has 0 aliphatic heterocycles. The van der Waals surface area contributed by atoms with Gasteiger partial charge in [0.2, 0.25) is 0 Å². The second kappa shape index (κ2) is 7.40. The average molecular weight is 370 g/mol. The summed E-state index contributed by atoms with van der Waals surface area (Å²) in [5.41, 5.74) is 1.74. The summed E-state index contributed by atoms with van der Waals surface area (Å²) in [5, 5.41) is 6.80. The number of nitrogens with zero attached hydrogens (tertiary/aromatic N) is 2. The third-order valence-electron chi connectivity index (χ3n) is 3.66. The van der Waals surface area contributed by atoms with Gasteiger partial charge in [-0.2, -0.15) is 5.10 Å². The first kappa shape index (κ1) is 17.7. The summed E-state index contributed by atoms with van der Waals surface area (Å²) in [4.78, 5) is 12.3. The van der Waals surface area contributed by atoms with Crippen molar-refractivity contribution in [2.24, 2.45) is 7.05 Å². The molecule has 134 valence electrons. The minimum absolute atomic E-state index is 0.0881. The molecule has 2 aromatic carbocycles. The van der Waals surface area contributed by atoms with Gasteiger partial charge in [0.05, 0.1) is 11.1 Å². The van der Waals surface area contributed by atoms with Gasteiger partial charge in [-0.3, -0.25) is 14.2 Å². The van der Waals surface area contributed by atoms with Crippen LogP contribution in [0.1, 0.15) is 15.9 Å². The fourth-order valence-corrected chi connectivity index (χ4v) is 3.41. The minimum Gasteiger partial charge on any atom is -0.348 e. The molecule has 3 aromatic rings. The number of rotatable bonds is 6. The van der Waals surface area contributed by atoms with E-state index in [0.29, 0.717) is 17.8 Å². The molecular formula is C18H18N4O3S. The van der Waals surface area contributed by atoms with Gasteiger partial charge in [-0.05, 0) is 36.4 Å². The number of hydrogen-bond acceptors (Lipinski definition) is 4. The molecule has 0 aliphatic carbocycles. The third-order valence-corrected chi connectivity index (χ3v) is 5.06. The second-order valence-electron chi connectivity index (χ2n) is 5.70. The monoisotopic (exact) mass is 370 g/mol. The lowest BCUT2D eigenvalue weighted by molar-refractivity contribution is 0.0951. The van der Waals surface area contributed by atoms with Crippen LogP contribution in [-0.2, 0) is 23.6 Å². The van der Waals surface area contributed by atoms with Crippen molar-refractivity contribution in [1.29, 1.82) is 0 Å². The molecule has 3 rings (SSSR count). The standard InChI is InChI=1S/C18H18N4O3S/c1-22-13-14(12-20-22)11-19-18(23)15-7-9-17(10-8-15)26(24,25)21-16-5-3-2-4-6-16/h2-10,12-13,21H,11H2,1H3,(H,19,23). The predicted molar refractivity (Wildman–Crippen MR) is 98.1 cm³/mol. The number of anilines is 1. The van der Waals surface area contributed by atoms with Gasteiger partial charge >= 0.3 is 0 Å². The Bertz CT molecular complexity index is 996. The number of benzene rings is 2. The number of sulfonamides is 1. The van der Waals surface area contributed by atoms with Crippen LogP contribution in [0.15, 0.2) is 71.9 Å². The molecule has 0 bridgehead atoms. The van der Waals surface area contributed by atoms with Crippen LogP contribution in [-0.4, -0.2) is 24.1 Å². The van der Waals surface area contributed by atoms with Gasteiger partial charge in [0.15, 0.2) is 0 Å². The van der Waals surface area contributed by atoms with Crippen molar-refractivity contribution in [2.45, 2.75) is 11.4 Å². The Morgan fingerprint density at radius 2 is 1.77 bits per heavy atom. The van der Waals surface area contributed by atoms with Gasteiger partial charge in [-0.15, -0.1) is 0 Å². The zero-order valence-electron chi connectivity index (χ0n) is 14.1. The van der Waals surface area contributed by atoms with Crippen molar-refractivity contribution in [3.8, 4) is 0 Å². The van der Waals surface area contributed by atoms with Crippen molar-refractivity contribution < 1.29 is 13.2 Å². The van der Waals surface area contributed by atoms with Crippen LogP contribution in [0.3, 0.4) is 0 Å². The Kier molecular flexibility index (Phi) is 5.04. The smallest absolute Gasteiger partial charge is 0.261 e. The molecular weight excluding hydrogens is 352 g/mol. The maximum absolute atomic E-state index is 12.4. The Morgan fingerprint density at radius 1 is 1.08 bits per heavy atom. The second-order valence-corrected chi connectivity index (χ2v) is 7.38. The van der Waals surface area contributed by atoms with Crippen LogP contribution in [0, 0.1) is 0 Å². The molecule has 0 aliphatic rings. The van der Waals surface area contributed by atoms with E-state index in [1.807, 2.05) is 6.20 Å². The fourth-order valence-electron chi connectivity index (χ4n) is 2.35. The van der Waals surface area contributed by atoms with E-state index < -0.39 is 10.0 Å². The Hall–Kier alpha value is -3.13. The lowest BCUT2D eigenvalue weighted by atomic mass is 10.2. The van der Waals surface area contributed by atoms with Crippen molar-refractivity contribution in [2.75, 3.05) is 4.72 Å². The highest BCUT2D eigenvalue weighted by Gasteiger charge is 2.15. The van der Waals surface area contributed by atoms with Gasteiger partial charge in [-0.25, -0.2) is 8.42 Å². The van der Waals surface area contributed by atoms with Gasteiger partial charge in [0.1, 0.15) is 0 Å². The normalized spacial score (nSPS) is 11.1. The number of hydrogen-bond donors (Lipinski definition) is 2. The van der Waals surface area contributed by atoms with E-state index in [4.69, 9.17) is 0 Å². The van der Waals surface area contributed by atoms with E-state index in [9.17, 15) is 13.2 Å². The molecule has 7 nitrogen and oxygen atoms in total. The van der Waals surface area contributed by atoms with Gasteiger partial charge in [0, 0.05) is 36.6 Å². The molecule has 2 N–H and O–H groups in total. The lowest BCUT2D eigenvalue weighted by Crippen LogP contribution is -2.22. The first-order valence-corrected chi connectivity index (χ1v) is 9.36. The SMILES string of the molecule is Cn1cc(CNC(=O)c2ccc(S(=O)(=O)Nc3ccccc3)cc2)cn1. The van der Waals surface area contributed by atoms with Crippen molar-refractivity contribution >= 4 is 21.6 Å². The van der Waals surface area contributed by atoms with E-state index in [-0.39, 0.29) is 10.8 Å². The average Bonchev–Trinajstić information content (AvgIpc) is 3.05. The van der Waals surface area contributed by atoms with Crippen molar-refractivity contribution in [1.82, 2.24) is 15.1 Å². The summed E-state index contributed by atoms with van der Waals surface area (Å²) in [6, 6.07) is 14.4. The van der Waals surface area contributed by atoms with Crippen LogP contribution in [0.2, 0.25) is 0 Å². The number of amides is 1. The first-order valence-electron chi connectivity index (χ1n) is 7.88. The predicted octanol–water partition coefficient (Wildman–Crippen LogP) is 2.15. The van der Waals surface area contributed by atoms with Gasteiger partial charge < -0.3 is 5.32 Å². The largest absolute Gasteiger partial charge is 0.348 e. The summed E-state index contributed by atoms with van der Waals surface area (Å²) in [7, 11) is -1.90. The van der Waals surface area contributed by atoms with Crippen molar-refractivity contribution in [3.05, 3.63) is 78.1 Å². The topological polar surface area (TPSA) is 93.1 Å². The quantitative estimate of drug-likeness (QED) is 0.695. The van der Waals surface area contributed by atoms with Crippen LogP contribution in [0.5, 0.6) is 0 Å². The zero-order valence-corrected chi connectivity index (χ0v) is 14.9. The molecule has 0 spiro atoms. The van der Waals surface area contributed by atoms with E-state index >= 15 is 0 Å². The molecule has 0 unspecified atom stereocenters. The van der Waals surface area contributed by atoms with Crippen LogP contribution in [0.25, 0.3) is 0 Å². The van der Waals surface area contributed by atoms with E-state index in [0.717, 1.165) is 5.56 Å². The van der Waals surface area contributed by atoms with Crippen LogP contribution in [0.4, 0.5) is 5.69 Å². The van der Waals surface area contributed by atoms with Crippen LogP contribution >= 0.6 is 0 Å². The highest BCUT2D eigenvalue weighted by Crippen LogP contribution is 2.16. The maximum atomic E-state index is 12.4. The summed E-state index contributed by atoms with van der Waals surface area (Å²) in [6.45, 7) is 0.349. The fraction of sp³-hybridized carbons (Fsp3) is 0.111. The molecule has 0 fully saturated rings. The summed E-state index contributed by atoms with van der Waals surface area (Å²) < 4.78 is 28.9. The van der Waals surface area contributed by atoms with E-state index in [1.54, 1.807) is 48.3 Å². The molecule has 8 heteroatoms. The van der Waals surface area contributed by atoms with Crippen molar-refractivity contribution in [3.63, 3.8) is 0 Å². The highest BCUT2D eigenvalue weighted by atomic mass is 32.2. The number of para-hydroxylation sites is 1. The van der Waals surface area contributed by atoms with Gasteiger partial charge in [-0.1, -0.05) is 18.2 Å². The molecule has 1 amide bonds. The summed E-state index contributed by atoms with van der Waals surface area (Å²) in [5.74, 6) is -0.284. The van der Waals surface area contributed by atoms with E-state index in [1.165, 1.54) is 24.3 Å². The maximum Gasteiger partial charge on any atom is 0.261 e. The molecule has 0 saturated carbocycles. The van der Waals surface area contributed by atoms with Crippen LogP contribution < -0.4 is 10.0 Å². The minimum atomic E-state index is -3.70. The number of carbonyl (C=O) groups is 1. The molecule has 1 heterocycles. The van der Waals surface area contributed by atoms with E-state index in [2.05, 4.69) is 15.1 Å². The Balaban J connectivity index is 1.66. The number of carbonyl (C=O) groups excluding carboxylic acids is 1. The Morgan fingerprint density at radius 3 is 2.38 bits per heavy atom. The highest BCUT2D eigenvalue weighted by molar-refractivity contribution is 7.92. The molecule has 1 aromatic heterocycles.